The lowest BCUT2D eigenvalue weighted by atomic mass is 9.75. The molecule has 0 atom stereocenters. The van der Waals surface area contributed by atoms with Gasteiger partial charge in [-0.2, -0.15) is 0 Å². The molecule has 0 saturated heterocycles. The Kier molecular flexibility index (Phi) is 4.62. The summed E-state index contributed by atoms with van der Waals surface area (Å²) in [5, 5.41) is 3.45. The Labute approximate surface area is 99.1 Å². The number of nitrogens with one attached hydrogen (secondary N) is 1. The lowest BCUT2D eigenvalue weighted by Crippen LogP contribution is -2.48. The van der Waals surface area contributed by atoms with Gasteiger partial charge in [-0.05, 0) is 64.0 Å². The van der Waals surface area contributed by atoms with Crippen LogP contribution in [0.1, 0.15) is 44.9 Å². The highest BCUT2D eigenvalue weighted by Gasteiger charge is 2.31. The topological polar surface area (TPSA) is 47.3 Å². The van der Waals surface area contributed by atoms with Crippen molar-refractivity contribution in [1.82, 2.24) is 5.32 Å². The highest BCUT2D eigenvalue weighted by molar-refractivity contribution is 4.92. The molecule has 2 aliphatic rings. The molecule has 16 heavy (non-hydrogen) atoms. The predicted molar refractivity (Wildman–Crippen MR) is 66.4 cm³/mol. The third-order valence-corrected chi connectivity index (χ3v) is 3.84. The van der Waals surface area contributed by atoms with Gasteiger partial charge < -0.3 is 15.8 Å². The summed E-state index contributed by atoms with van der Waals surface area (Å²) in [6.07, 6.45) is 8.80. The van der Waals surface area contributed by atoms with Gasteiger partial charge in [-0.1, -0.05) is 0 Å². The van der Waals surface area contributed by atoms with E-state index in [9.17, 15) is 0 Å². The van der Waals surface area contributed by atoms with Crippen molar-refractivity contribution in [2.45, 2.75) is 50.5 Å². The van der Waals surface area contributed by atoms with Crippen LogP contribution in [-0.4, -0.2) is 31.8 Å². The third-order valence-electron chi connectivity index (χ3n) is 3.84. The summed E-state index contributed by atoms with van der Waals surface area (Å²) in [5.74, 6) is 0.892. The number of nitrogens with two attached hydrogens (primary N) is 1. The van der Waals surface area contributed by atoms with Crippen LogP contribution < -0.4 is 11.1 Å². The fourth-order valence-electron chi connectivity index (χ4n) is 2.18. The lowest BCUT2D eigenvalue weighted by Gasteiger charge is -2.38. The number of hydrogen-bond donors (Lipinski definition) is 2. The average molecular weight is 226 g/mol. The number of hydrogen-bond acceptors (Lipinski definition) is 3. The first-order valence-corrected chi connectivity index (χ1v) is 6.86. The smallest absolute Gasteiger partial charge is 0.0494 e. The molecule has 0 amide bonds. The molecule has 2 saturated carbocycles. The van der Waals surface area contributed by atoms with E-state index in [4.69, 9.17) is 10.5 Å². The van der Waals surface area contributed by atoms with E-state index in [1.165, 1.54) is 32.1 Å². The van der Waals surface area contributed by atoms with Crippen LogP contribution in [0.4, 0.5) is 0 Å². The molecule has 3 N–H and O–H groups in total. The van der Waals surface area contributed by atoms with Crippen LogP contribution in [0, 0.1) is 5.92 Å². The van der Waals surface area contributed by atoms with Crippen molar-refractivity contribution in [3.05, 3.63) is 0 Å². The Morgan fingerprint density at radius 1 is 1.25 bits per heavy atom. The Balaban J connectivity index is 1.32. The molecule has 94 valence electrons. The van der Waals surface area contributed by atoms with E-state index in [0.717, 1.165) is 45.1 Å². The zero-order valence-corrected chi connectivity index (χ0v) is 10.3. The molecule has 0 radical (unpaired) electrons. The molecular weight excluding hydrogens is 200 g/mol. The fourth-order valence-corrected chi connectivity index (χ4v) is 2.18. The zero-order valence-electron chi connectivity index (χ0n) is 10.3. The lowest BCUT2D eigenvalue weighted by molar-refractivity contribution is 0.122. The molecule has 0 aliphatic heterocycles. The summed E-state index contributed by atoms with van der Waals surface area (Å²) in [6, 6.07) is 0. The Morgan fingerprint density at radius 3 is 2.69 bits per heavy atom. The second-order valence-electron chi connectivity index (χ2n) is 5.59. The first-order valence-electron chi connectivity index (χ1n) is 6.86. The van der Waals surface area contributed by atoms with Crippen LogP contribution in [0.3, 0.4) is 0 Å². The average Bonchev–Trinajstić information content (AvgIpc) is 3.03. The van der Waals surface area contributed by atoms with Crippen LogP contribution in [0.25, 0.3) is 0 Å². The third kappa shape index (κ3) is 4.40. The SMILES string of the molecule is NC1(CCNCCCOCC2CC2)CCC1. The van der Waals surface area contributed by atoms with Crippen molar-refractivity contribution < 1.29 is 4.74 Å². The first kappa shape index (κ1) is 12.3. The van der Waals surface area contributed by atoms with Crippen LogP contribution in [0.2, 0.25) is 0 Å². The van der Waals surface area contributed by atoms with E-state index in [2.05, 4.69) is 5.32 Å². The number of rotatable bonds is 9. The summed E-state index contributed by atoms with van der Waals surface area (Å²) in [5.41, 5.74) is 6.32. The molecule has 0 aromatic carbocycles. The van der Waals surface area contributed by atoms with Gasteiger partial charge in [0, 0.05) is 18.8 Å². The van der Waals surface area contributed by atoms with E-state index in [1.54, 1.807) is 0 Å². The van der Waals surface area contributed by atoms with Crippen molar-refractivity contribution in [1.29, 1.82) is 0 Å². The van der Waals surface area contributed by atoms with Gasteiger partial charge in [0.1, 0.15) is 0 Å². The van der Waals surface area contributed by atoms with E-state index in [-0.39, 0.29) is 5.54 Å². The minimum atomic E-state index is 0.176. The van der Waals surface area contributed by atoms with Gasteiger partial charge in [0.2, 0.25) is 0 Å². The highest BCUT2D eigenvalue weighted by atomic mass is 16.5. The Morgan fingerprint density at radius 2 is 2.06 bits per heavy atom. The van der Waals surface area contributed by atoms with Crippen molar-refractivity contribution >= 4 is 0 Å². The molecule has 0 aromatic heterocycles. The maximum atomic E-state index is 6.14. The second kappa shape index (κ2) is 5.99. The van der Waals surface area contributed by atoms with Gasteiger partial charge in [0.05, 0.1) is 0 Å². The van der Waals surface area contributed by atoms with Crippen molar-refractivity contribution in [3.8, 4) is 0 Å². The molecule has 0 spiro atoms. The monoisotopic (exact) mass is 226 g/mol. The normalized spacial score (nSPS) is 23.1. The van der Waals surface area contributed by atoms with Gasteiger partial charge in [0.15, 0.2) is 0 Å². The predicted octanol–water partition coefficient (Wildman–Crippen LogP) is 1.66. The second-order valence-corrected chi connectivity index (χ2v) is 5.59. The first-order chi connectivity index (χ1) is 7.79. The standard InChI is InChI=1S/C13H26N2O/c14-13(5-1-6-13)7-9-15-8-2-10-16-11-12-3-4-12/h12,15H,1-11,14H2. The molecule has 3 heteroatoms. The Hall–Kier alpha value is -0.120. The fraction of sp³-hybridized carbons (Fsp3) is 1.00. The summed E-state index contributed by atoms with van der Waals surface area (Å²) in [4.78, 5) is 0. The molecule has 3 nitrogen and oxygen atoms in total. The van der Waals surface area contributed by atoms with Crippen molar-refractivity contribution in [3.63, 3.8) is 0 Å². The van der Waals surface area contributed by atoms with Gasteiger partial charge in [-0.25, -0.2) is 0 Å². The zero-order chi connectivity index (χ0) is 11.3. The molecule has 2 aliphatic carbocycles. The van der Waals surface area contributed by atoms with E-state index in [0.29, 0.717) is 0 Å². The van der Waals surface area contributed by atoms with Crippen LogP contribution in [0.5, 0.6) is 0 Å². The molecule has 2 rings (SSSR count). The summed E-state index contributed by atoms with van der Waals surface area (Å²) < 4.78 is 5.57. The largest absolute Gasteiger partial charge is 0.381 e. The van der Waals surface area contributed by atoms with E-state index in [1.807, 2.05) is 0 Å². The molecule has 0 unspecified atom stereocenters. The van der Waals surface area contributed by atoms with Gasteiger partial charge in [0.25, 0.3) is 0 Å². The highest BCUT2D eigenvalue weighted by Crippen LogP contribution is 2.31. The van der Waals surface area contributed by atoms with Crippen molar-refractivity contribution in [2.24, 2.45) is 11.7 Å². The van der Waals surface area contributed by atoms with Gasteiger partial charge in [-0.15, -0.1) is 0 Å². The molecule has 0 heterocycles. The maximum absolute atomic E-state index is 6.14. The Bertz CT molecular complexity index is 200. The molecular formula is C13H26N2O. The maximum Gasteiger partial charge on any atom is 0.0494 e. The van der Waals surface area contributed by atoms with Gasteiger partial charge in [-0.3, -0.25) is 0 Å². The van der Waals surface area contributed by atoms with Crippen LogP contribution in [0.15, 0.2) is 0 Å². The summed E-state index contributed by atoms with van der Waals surface area (Å²) >= 11 is 0. The molecule has 0 bridgehead atoms. The van der Waals surface area contributed by atoms with Gasteiger partial charge >= 0.3 is 0 Å². The van der Waals surface area contributed by atoms with Crippen LogP contribution in [-0.2, 0) is 4.74 Å². The summed E-state index contributed by atoms with van der Waals surface area (Å²) in [6.45, 7) is 4.04. The van der Waals surface area contributed by atoms with E-state index < -0.39 is 0 Å². The minimum Gasteiger partial charge on any atom is -0.381 e. The molecule has 2 fully saturated rings. The molecule has 0 aromatic rings. The summed E-state index contributed by atoms with van der Waals surface area (Å²) in [7, 11) is 0. The quantitative estimate of drug-likeness (QED) is 0.588. The van der Waals surface area contributed by atoms with E-state index >= 15 is 0 Å². The minimum absolute atomic E-state index is 0.176. The van der Waals surface area contributed by atoms with Crippen molar-refractivity contribution in [2.75, 3.05) is 26.3 Å². The van der Waals surface area contributed by atoms with Crippen LogP contribution >= 0.6 is 0 Å². The number of ether oxygens (including phenoxy) is 1.